The molecule has 0 radical (unpaired) electrons. The first-order valence-electron chi connectivity index (χ1n) is 28.0. The molecule has 11 heteroatoms. The number of ether oxygens (including phenoxy) is 3. The molecule has 1 aliphatic rings. The molecule has 412 valence electrons. The van der Waals surface area contributed by atoms with Crippen molar-refractivity contribution in [3.63, 3.8) is 0 Å². The summed E-state index contributed by atoms with van der Waals surface area (Å²) in [5, 5.41) is 56.6. The fraction of sp³-hybridized carbons (Fsp3) is 0.613. The van der Waals surface area contributed by atoms with Crippen LogP contribution in [0.5, 0.6) is 0 Å². The van der Waals surface area contributed by atoms with E-state index in [4.69, 9.17) is 14.2 Å². The van der Waals surface area contributed by atoms with E-state index in [1.165, 1.54) is 51.4 Å². The Bertz CT molecular complexity index is 1690. The van der Waals surface area contributed by atoms with E-state index in [0.717, 1.165) is 83.5 Å². The second-order valence-corrected chi connectivity index (χ2v) is 18.7. The smallest absolute Gasteiger partial charge is 0.306 e. The maximum absolute atomic E-state index is 13.3. The Morgan fingerprint density at radius 3 is 1.59 bits per heavy atom. The van der Waals surface area contributed by atoms with Gasteiger partial charge in [0.05, 0.1) is 25.4 Å². The lowest BCUT2D eigenvalue weighted by molar-refractivity contribution is -0.305. The topological polar surface area (TPSA) is 175 Å². The third-order valence-corrected chi connectivity index (χ3v) is 12.2. The zero-order valence-corrected chi connectivity index (χ0v) is 45.2. The number of hydrogen-bond donors (Lipinski definition) is 6. The fourth-order valence-corrected chi connectivity index (χ4v) is 7.73. The second-order valence-electron chi connectivity index (χ2n) is 18.7. The summed E-state index contributed by atoms with van der Waals surface area (Å²) >= 11 is 0. The molecular weight excluding hydrogens is 919 g/mol. The van der Waals surface area contributed by atoms with E-state index >= 15 is 0 Å². The van der Waals surface area contributed by atoms with Crippen molar-refractivity contribution in [2.75, 3.05) is 13.2 Å². The van der Waals surface area contributed by atoms with E-state index in [2.05, 4.69) is 92.9 Å². The average molecular weight is 1020 g/mol. The molecule has 1 rings (SSSR count). The molecule has 8 unspecified atom stereocenters. The van der Waals surface area contributed by atoms with Gasteiger partial charge in [0, 0.05) is 12.8 Å². The Hall–Kier alpha value is -4.20. The van der Waals surface area contributed by atoms with E-state index in [-0.39, 0.29) is 19.4 Å². The van der Waals surface area contributed by atoms with Gasteiger partial charge in [-0.25, -0.2) is 0 Å². The lowest BCUT2D eigenvalue weighted by Crippen LogP contribution is -2.61. The summed E-state index contributed by atoms with van der Waals surface area (Å²) in [6.45, 7) is 5.42. The van der Waals surface area contributed by atoms with Gasteiger partial charge >= 0.3 is 5.97 Å². The van der Waals surface area contributed by atoms with Gasteiger partial charge in [0.15, 0.2) is 12.4 Å². The minimum absolute atomic E-state index is 0.0459. The van der Waals surface area contributed by atoms with Gasteiger partial charge in [0.25, 0.3) is 0 Å². The van der Waals surface area contributed by atoms with Crippen molar-refractivity contribution in [2.24, 2.45) is 0 Å². The van der Waals surface area contributed by atoms with Crippen LogP contribution in [-0.2, 0) is 23.8 Å². The van der Waals surface area contributed by atoms with Crippen LogP contribution in [0.1, 0.15) is 181 Å². The summed E-state index contributed by atoms with van der Waals surface area (Å²) in [4.78, 5) is 26.4. The van der Waals surface area contributed by atoms with Crippen molar-refractivity contribution in [1.82, 2.24) is 5.32 Å². The molecule has 1 fully saturated rings. The van der Waals surface area contributed by atoms with Crippen molar-refractivity contribution in [3.8, 4) is 0 Å². The van der Waals surface area contributed by atoms with Crippen molar-refractivity contribution in [1.29, 1.82) is 0 Å². The van der Waals surface area contributed by atoms with Crippen LogP contribution in [0, 0.1) is 0 Å². The lowest BCUT2D eigenvalue weighted by Gasteiger charge is -2.41. The molecule has 0 saturated carbocycles. The van der Waals surface area contributed by atoms with Crippen LogP contribution >= 0.6 is 0 Å². The van der Waals surface area contributed by atoms with E-state index in [1.54, 1.807) is 12.2 Å². The molecule has 0 aromatic carbocycles. The van der Waals surface area contributed by atoms with Gasteiger partial charge < -0.3 is 45.1 Å². The number of unbranched alkanes of at least 4 members (excludes halogenated alkanes) is 14. The van der Waals surface area contributed by atoms with Gasteiger partial charge in [0.1, 0.15) is 24.4 Å². The monoisotopic (exact) mass is 1020 g/mol. The third kappa shape index (κ3) is 37.2. The number of amides is 1. The minimum atomic E-state index is -1.65. The highest BCUT2D eigenvalue weighted by molar-refractivity contribution is 5.81. The molecule has 11 nitrogen and oxygen atoms in total. The Labute approximate surface area is 442 Å². The van der Waals surface area contributed by atoms with Gasteiger partial charge in [-0.05, 0) is 77.0 Å². The summed E-state index contributed by atoms with van der Waals surface area (Å²) in [5.74, 6) is -1.34. The number of esters is 1. The minimum Gasteiger partial charge on any atom is -0.454 e. The Balaban J connectivity index is 2.84. The van der Waals surface area contributed by atoms with E-state index in [0.29, 0.717) is 12.8 Å². The van der Waals surface area contributed by atoms with E-state index in [9.17, 15) is 35.1 Å². The molecule has 0 aromatic heterocycles. The standard InChI is InChI=1S/C62H99NO10/c1-4-7-10-13-16-19-22-25-26-27-28-29-32-34-37-40-43-46-49-55(66)61(70)63-53(54(65)48-45-42-39-36-33-30-23-20-17-14-11-8-5-2)52-71-62-60(59(69)58(68)56(51-64)72-62)73-57(67)50-47-44-41-38-35-31-24-21-18-15-12-9-6-3/h7,9-10,12,15-16,18-19,21,24-26,28-29,31,34-35,37,43,45-46,48,53-56,58-60,62,64-66,68-69H,4-6,8,11,13-14,17,20,22-23,27,30,32-33,36,38-42,44,47,49-52H2,1-3H3,(H,63,70)/b10-7-,12-9+,18-15+,19-16-,24-21-,26-25-,29-28-,35-31-,37-34-,46-43-,48-45+. The molecule has 0 aliphatic carbocycles. The fourth-order valence-electron chi connectivity index (χ4n) is 7.73. The quantitative estimate of drug-likeness (QED) is 0.0149. The maximum atomic E-state index is 13.3. The maximum Gasteiger partial charge on any atom is 0.306 e. The first-order valence-corrected chi connectivity index (χ1v) is 28.0. The molecule has 0 aromatic rings. The van der Waals surface area contributed by atoms with Gasteiger partial charge in [-0.3, -0.25) is 9.59 Å². The van der Waals surface area contributed by atoms with Crippen LogP contribution in [-0.4, -0.2) is 99.6 Å². The summed E-state index contributed by atoms with van der Waals surface area (Å²) in [6.07, 6.45) is 58.0. The first kappa shape index (κ1) is 66.8. The van der Waals surface area contributed by atoms with Gasteiger partial charge in [0.2, 0.25) is 5.91 Å². The van der Waals surface area contributed by atoms with Crippen molar-refractivity contribution >= 4 is 11.9 Å². The van der Waals surface area contributed by atoms with Crippen LogP contribution in [0.4, 0.5) is 0 Å². The molecule has 0 bridgehead atoms. The van der Waals surface area contributed by atoms with Crippen molar-refractivity contribution in [2.45, 2.75) is 230 Å². The van der Waals surface area contributed by atoms with Crippen LogP contribution in [0.15, 0.2) is 134 Å². The number of carbonyl (C=O) groups excluding carboxylic acids is 2. The van der Waals surface area contributed by atoms with Gasteiger partial charge in [-0.15, -0.1) is 0 Å². The number of hydrogen-bond acceptors (Lipinski definition) is 10. The molecule has 0 spiro atoms. The SMILES string of the molecule is CC/C=C\C/C=C\C/C=C\C/C=C\C/C=C\C/C=C\CC(O)C(=O)NC(COC1OC(CO)C(O)C(O)C1OC(=O)CCCCC\C=C/C=C\C=C\C=C\CC)C(O)/C=C/CCCCCCCCCCCCC. The van der Waals surface area contributed by atoms with Crippen LogP contribution in [0.2, 0.25) is 0 Å². The predicted octanol–water partition coefficient (Wildman–Crippen LogP) is 12.5. The molecule has 1 aliphatic heterocycles. The zero-order valence-electron chi connectivity index (χ0n) is 45.2. The highest BCUT2D eigenvalue weighted by atomic mass is 16.7. The highest BCUT2D eigenvalue weighted by Crippen LogP contribution is 2.26. The molecule has 6 N–H and O–H groups in total. The summed E-state index contributed by atoms with van der Waals surface area (Å²) in [5.41, 5.74) is 0. The van der Waals surface area contributed by atoms with E-state index < -0.39 is 67.4 Å². The number of allylic oxidation sites excluding steroid dienone is 20. The summed E-state index contributed by atoms with van der Waals surface area (Å²) < 4.78 is 17.5. The summed E-state index contributed by atoms with van der Waals surface area (Å²) in [6, 6.07) is -1.08. The van der Waals surface area contributed by atoms with Crippen molar-refractivity contribution in [3.05, 3.63) is 134 Å². The normalized spacial score (nSPS) is 20.5. The first-order chi connectivity index (χ1) is 35.7. The molecular formula is C62H99NO10. The number of aliphatic hydroxyl groups is 5. The molecule has 8 atom stereocenters. The summed E-state index contributed by atoms with van der Waals surface area (Å²) in [7, 11) is 0. The van der Waals surface area contributed by atoms with Gasteiger partial charge in [-0.2, -0.15) is 0 Å². The second kappa shape index (κ2) is 48.7. The Morgan fingerprint density at radius 1 is 0.562 bits per heavy atom. The lowest BCUT2D eigenvalue weighted by atomic mass is 9.99. The predicted molar refractivity (Wildman–Crippen MR) is 301 cm³/mol. The number of rotatable bonds is 44. The Kier molecular flexibility index (Phi) is 44.6. The number of carbonyl (C=O) groups is 2. The van der Waals surface area contributed by atoms with Crippen LogP contribution in [0.25, 0.3) is 0 Å². The molecule has 1 heterocycles. The number of nitrogens with one attached hydrogen (secondary N) is 1. The largest absolute Gasteiger partial charge is 0.454 e. The van der Waals surface area contributed by atoms with Crippen molar-refractivity contribution < 1.29 is 49.3 Å². The van der Waals surface area contributed by atoms with Gasteiger partial charge in [-0.1, -0.05) is 225 Å². The Morgan fingerprint density at radius 2 is 1.04 bits per heavy atom. The highest BCUT2D eigenvalue weighted by Gasteiger charge is 2.47. The van der Waals surface area contributed by atoms with E-state index in [1.807, 2.05) is 54.7 Å². The molecule has 73 heavy (non-hydrogen) atoms. The third-order valence-electron chi connectivity index (χ3n) is 12.2. The van der Waals surface area contributed by atoms with Crippen LogP contribution < -0.4 is 5.32 Å². The number of aliphatic hydroxyl groups excluding tert-OH is 5. The molecule has 1 amide bonds. The average Bonchev–Trinajstić information content (AvgIpc) is 3.39. The van der Waals surface area contributed by atoms with Crippen LogP contribution in [0.3, 0.4) is 0 Å². The molecule has 1 saturated heterocycles. The zero-order chi connectivity index (χ0) is 53.3.